The van der Waals surface area contributed by atoms with Crippen molar-refractivity contribution < 1.29 is 13.2 Å². The molecule has 0 saturated heterocycles. The monoisotopic (exact) mass is 304 g/mol. The minimum atomic E-state index is -1.42. The first-order valence-corrected chi connectivity index (χ1v) is 7.46. The summed E-state index contributed by atoms with van der Waals surface area (Å²) in [6.45, 7) is 6.30. The van der Waals surface area contributed by atoms with Crippen LogP contribution in [0.3, 0.4) is 0 Å². The van der Waals surface area contributed by atoms with Crippen molar-refractivity contribution in [2.75, 3.05) is 0 Å². The van der Waals surface area contributed by atoms with Gasteiger partial charge in [-0.3, -0.25) is 0 Å². The van der Waals surface area contributed by atoms with Crippen LogP contribution in [0.4, 0.5) is 13.2 Å². The van der Waals surface area contributed by atoms with Crippen LogP contribution < -0.4 is 0 Å². The van der Waals surface area contributed by atoms with Crippen LogP contribution in [-0.2, 0) is 0 Å². The molecule has 0 aromatic heterocycles. The highest BCUT2D eigenvalue weighted by atomic mass is 19.2. The standard InChI is InChI=1S/C15H9F3.C4H10/c1-8-2-4-10-9(6-8)3-5-11-12(10)7-13(16)15(18)14(11)17;1-3-4-2/h2-7H,1H3;3-4H2,1-2H3. The summed E-state index contributed by atoms with van der Waals surface area (Å²) < 4.78 is 40.1. The molecule has 3 aromatic rings. The molecule has 0 radical (unpaired) electrons. The summed E-state index contributed by atoms with van der Waals surface area (Å²) in [4.78, 5) is 0. The third-order valence-electron chi connectivity index (χ3n) is 3.63. The van der Waals surface area contributed by atoms with Gasteiger partial charge in [-0.2, -0.15) is 0 Å². The maximum Gasteiger partial charge on any atom is 0.195 e. The van der Waals surface area contributed by atoms with Gasteiger partial charge >= 0.3 is 0 Å². The van der Waals surface area contributed by atoms with Gasteiger partial charge in [0.2, 0.25) is 0 Å². The molecule has 0 nitrogen and oxygen atoms in total. The van der Waals surface area contributed by atoms with Gasteiger partial charge in [0.1, 0.15) is 0 Å². The molecule has 0 fully saturated rings. The lowest BCUT2D eigenvalue weighted by Crippen LogP contribution is -1.92. The highest BCUT2D eigenvalue weighted by molar-refractivity contribution is 6.07. The fourth-order valence-corrected chi connectivity index (χ4v) is 2.23. The zero-order valence-corrected chi connectivity index (χ0v) is 13.0. The fourth-order valence-electron chi connectivity index (χ4n) is 2.23. The van der Waals surface area contributed by atoms with Crippen molar-refractivity contribution in [1.29, 1.82) is 0 Å². The maximum atomic E-state index is 13.7. The largest absolute Gasteiger partial charge is 0.204 e. The molecule has 0 aliphatic rings. The highest BCUT2D eigenvalue weighted by Gasteiger charge is 2.14. The van der Waals surface area contributed by atoms with E-state index >= 15 is 0 Å². The summed E-state index contributed by atoms with van der Waals surface area (Å²) in [7, 11) is 0. The van der Waals surface area contributed by atoms with Gasteiger partial charge in [0.25, 0.3) is 0 Å². The summed E-state index contributed by atoms with van der Waals surface area (Å²) in [6, 6.07) is 9.82. The van der Waals surface area contributed by atoms with Gasteiger partial charge in [-0.15, -0.1) is 0 Å². The molecule has 3 heteroatoms. The quantitative estimate of drug-likeness (QED) is 0.354. The second-order valence-corrected chi connectivity index (χ2v) is 5.37. The van der Waals surface area contributed by atoms with Gasteiger partial charge in [-0.1, -0.05) is 62.6 Å². The summed E-state index contributed by atoms with van der Waals surface area (Å²) in [5.41, 5.74) is 1.06. The highest BCUT2D eigenvalue weighted by Crippen LogP contribution is 2.30. The van der Waals surface area contributed by atoms with Crippen molar-refractivity contribution in [3.63, 3.8) is 0 Å². The predicted octanol–water partition coefficient (Wildman–Crippen LogP) is 6.53. The van der Waals surface area contributed by atoms with Crippen LogP contribution >= 0.6 is 0 Å². The Hall–Kier alpha value is -2.03. The molecular weight excluding hydrogens is 285 g/mol. The Morgan fingerprint density at radius 2 is 1.36 bits per heavy atom. The minimum absolute atomic E-state index is 0.102. The molecule has 116 valence electrons. The van der Waals surface area contributed by atoms with Crippen molar-refractivity contribution in [1.82, 2.24) is 0 Å². The van der Waals surface area contributed by atoms with Crippen LogP contribution in [-0.4, -0.2) is 0 Å². The Labute approximate surface area is 128 Å². The van der Waals surface area contributed by atoms with E-state index in [2.05, 4.69) is 13.8 Å². The second kappa shape index (κ2) is 6.82. The Morgan fingerprint density at radius 1 is 0.727 bits per heavy atom. The third-order valence-corrected chi connectivity index (χ3v) is 3.63. The number of hydrogen-bond donors (Lipinski definition) is 0. The zero-order valence-electron chi connectivity index (χ0n) is 13.0. The lowest BCUT2D eigenvalue weighted by Gasteiger charge is -2.07. The van der Waals surface area contributed by atoms with Gasteiger partial charge in [0.05, 0.1) is 0 Å². The van der Waals surface area contributed by atoms with E-state index in [1.165, 1.54) is 18.9 Å². The molecular formula is C19H19F3. The van der Waals surface area contributed by atoms with Gasteiger partial charge in [-0.05, 0) is 29.1 Å². The van der Waals surface area contributed by atoms with Gasteiger partial charge in [0, 0.05) is 5.39 Å². The van der Waals surface area contributed by atoms with Crippen molar-refractivity contribution in [3.05, 3.63) is 59.4 Å². The normalized spacial score (nSPS) is 10.6. The van der Waals surface area contributed by atoms with Crippen LogP contribution in [0.5, 0.6) is 0 Å². The van der Waals surface area contributed by atoms with Crippen LogP contribution in [0.25, 0.3) is 21.5 Å². The van der Waals surface area contributed by atoms with E-state index < -0.39 is 17.5 Å². The third kappa shape index (κ3) is 3.08. The molecule has 0 atom stereocenters. The van der Waals surface area contributed by atoms with Crippen LogP contribution in [0, 0.1) is 24.4 Å². The van der Waals surface area contributed by atoms with Crippen LogP contribution in [0.15, 0.2) is 36.4 Å². The molecule has 3 rings (SSSR count). The molecule has 0 unspecified atom stereocenters. The Morgan fingerprint density at radius 3 is 2.00 bits per heavy atom. The summed E-state index contributed by atoms with van der Waals surface area (Å²) in [6.07, 6.45) is 2.64. The summed E-state index contributed by atoms with van der Waals surface area (Å²) in [5, 5.41) is 2.10. The van der Waals surface area contributed by atoms with Gasteiger partial charge in [-0.25, -0.2) is 13.2 Å². The van der Waals surface area contributed by atoms with Crippen molar-refractivity contribution in [3.8, 4) is 0 Å². The number of halogens is 3. The summed E-state index contributed by atoms with van der Waals surface area (Å²) in [5.74, 6) is -3.71. The molecule has 0 aliphatic heterocycles. The van der Waals surface area contributed by atoms with E-state index in [0.717, 1.165) is 22.4 Å². The van der Waals surface area contributed by atoms with E-state index in [-0.39, 0.29) is 5.39 Å². The number of benzene rings is 3. The molecule has 0 bridgehead atoms. The van der Waals surface area contributed by atoms with Crippen molar-refractivity contribution in [2.45, 2.75) is 33.6 Å². The zero-order chi connectivity index (χ0) is 16.3. The molecule has 0 N–H and O–H groups in total. The first-order valence-electron chi connectivity index (χ1n) is 7.46. The van der Waals surface area contributed by atoms with E-state index in [0.29, 0.717) is 5.39 Å². The SMILES string of the molecule is CCCC.Cc1ccc2c(ccc3c(F)c(F)c(F)cc32)c1. The Kier molecular flexibility index (Phi) is 5.07. The van der Waals surface area contributed by atoms with Gasteiger partial charge in [0.15, 0.2) is 17.5 Å². The van der Waals surface area contributed by atoms with E-state index in [1.54, 1.807) is 12.1 Å². The Bertz CT molecular complexity index is 805. The summed E-state index contributed by atoms with van der Waals surface area (Å²) >= 11 is 0. The number of unbranched alkanes of at least 4 members (excludes halogenated alkanes) is 1. The predicted molar refractivity (Wildman–Crippen MR) is 86.6 cm³/mol. The Balaban J connectivity index is 0.000000396. The molecule has 0 amide bonds. The number of aryl methyl sites for hydroxylation is 1. The smallest absolute Gasteiger partial charge is 0.195 e. The molecule has 0 spiro atoms. The number of hydrogen-bond acceptors (Lipinski definition) is 0. The van der Waals surface area contributed by atoms with Crippen LogP contribution in [0.1, 0.15) is 32.3 Å². The topological polar surface area (TPSA) is 0 Å². The average Bonchev–Trinajstić information content (AvgIpc) is 2.52. The lowest BCUT2D eigenvalue weighted by molar-refractivity contribution is 0.453. The first-order chi connectivity index (χ1) is 10.5. The number of rotatable bonds is 1. The van der Waals surface area contributed by atoms with E-state index in [4.69, 9.17) is 0 Å². The molecule has 0 heterocycles. The fraction of sp³-hybridized carbons (Fsp3) is 0.263. The van der Waals surface area contributed by atoms with Crippen LogP contribution in [0.2, 0.25) is 0 Å². The average molecular weight is 304 g/mol. The number of fused-ring (bicyclic) bond motifs is 3. The van der Waals surface area contributed by atoms with Gasteiger partial charge < -0.3 is 0 Å². The first kappa shape index (κ1) is 16.3. The molecule has 0 saturated carbocycles. The molecule has 3 aromatic carbocycles. The van der Waals surface area contributed by atoms with Crippen molar-refractivity contribution >= 4 is 21.5 Å². The molecule has 22 heavy (non-hydrogen) atoms. The van der Waals surface area contributed by atoms with E-state index in [9.17, 15) is 13.2 Å². The minimum Gasteiger partial charge on any atom is -0.204 e. The lowest BCUT2D eigenvalue weighted by atomic mass is 10.00. The van der Waals surface area contributed by atoms with Crippen molar-refractivity contribution in [2.24, 2.45) is 0 Å². The van der Waals surface area contributed by atoms with E-state index in [1.807, 2.05) is 19.1 Å². The second-order valence-electron chi connectivity index (χ2n) is 5.37. The molecule has 0 aliphatic carbocycles. The maximum absolute atomic E-state index is 13.7.